The molecule has 2 saturated heterocycles. The standard InChI is InChI=1S/C20H32N2O/c1-3-21-14-17-13-20(17,15-21)16-5-7-18(8-6-16)22-11-9-19(10-12-22)23-4-2/h5-7,17-19H,3-4,8-15H2,1-2H3. The van der Waals surface area contributed by atoms with Gasteiger partial charge in [0.05, 0.1) is 6.10 Å². The Morgan fingerprint density at radius 2 is 2.09 bits per heavy atom. The van der Waals surface area contributed by atoms with Crippen molar-refractivity contribution < 1.29 is 4.74 Å². The summed E-state index contributed by atoms with van der Waals surface area (Å²) >= 11 is 0. The highest BCUT2D eigenvalue weighted by Gasteiger charge is 2.60. The lowest BCUT2D eigenvalue weighted by Crippen LogP contribution is -2.43. The number of hydrogen-bond donors (Lipinski definition) is 0. The van der Waals surface area contributed by atoms with E-state index in [2.05, 4.69) is 41.9 Å². The minimum atomic E-state index is 0.500. The molecule has 128 valence electrons. The molecule has 3 heteroatoms. The molecule has 4 rings (SSSR count). The van der Waals surface area contributed by atoms with E-state index in [1.54, 1.807) is 5.57 Å². The van der Waals surface area contributed by atoms with Gasteiger partial charge in [0.25, 0.3) is 0 Å². The summed E-state index contributed by atoms with van der Waals surface area (Å²) in [6, 6.07) is 0.624. The second kappa shape index (κ2) is 6.34. The molecule has 0 aromatic rings. The van der Waals surface area contributed by atoms with E-state index < -0.39 is 0 Å². The maximum atomic E-state index is 5.78. The van der Waals surface area contributed by atoms with Crippen LogP contribution in [0.25, 0.3) is 0 Å². The summed E-state index contributed by atoms with van der Waals surface area (Å²) in [6.07, 6.45) is 13.1. The van der Waals surface area contributed by atoms with Crippen molar-refractivity contribution in [3.63, 3.8) is 0 Å². The van der Waals surface area contributed by atoms with Crippen LogP contribution in [0.1, 0.15) is 39.5 Å². The Hall–Kier alpha value is -0.640. The maximum Gasteiger partial charge on any atom is 0.0599 e. The molecule has 23 heavy (non-hydrogen) atoms. The predicted molar refractivity (Wildman–Crippen MR) is 94.5 cm³/mol. The monoisotopic (exact) mass is 316 g/mol. The van der Waals surface area contributed by atoms with Gasteiger partial charge >= 0.3 is 0 Å². The van der Waals surface area contributed by atoms with Crippen molar-refractivity contribution in [3.05, 3.63) is 23.8 Å². The van der Waals surface area contributed by atoms with Crippen molar-refractivity contribution in [2.24, 2.45) is 11.3 Å². The molecule has 4 aliphatic rings. The zero-order valence-corrected chi connectivity index (χ0v) is 14.8. The molecule has 0 aromatic heterocycles. The van der Waals surface area contributed by atoms with Gasteiger partial charge in [0, 0.05) is 44.2 Å². The minimum Gasteiger partial charge on any atom is -0.378 e. The normalized spacial score (nSPS) is 38.6. The molecular weight excluding hydrogens is 284 g/mol. The van der Waals surface area contributed by atoms with Crippen LogP contribution in [-0.4, -0.2) is 61.3 Å². The molecule has 2 aliphatic carbocycles. The molecule has 0 bridgehead atoms. The van der Waals surface area contributed by atoms with Crippen LogP contribution in [0.4, 0.5) is 0 Å². The van der Waals surface area contributed by atoms with Crippen LogP contribution in [0.3, 0.4) is 0 Å². The molecule has 0 amide bonds. The van der Waals surface area contributed by atoms with Gasteiger partial charge in [-0.2, -0.15) is 0 Å². The quantitative estimate of drug-likeness (QED) is 0.775. The average Bonchev–Trinajstić information content (AvgIpc) is 3.18. The van der Waals surface area contributed by atoms with E-state index in [0.29, 0.717) is 17.6 Å². The third kappa shape index (κ3) is 2.92. The fourth-order valence-electron chi connectivity index (χ4n) is 5.13. The number of rotatable bonds is 5. The number of likely N-dealkylation sites (tertiary alicyclic amines) is 2. The molecule has 3 fully saturated rings. The number of fused-ring (bicyclic) bond motifs is 1. The highest BCUT2D eigenvalue weighted by Crippen LogP contribution is 2.62. The van der Waals surface area contributed by atoms with E-state index in [9.17, 15) is 0 Å². The Bertz CT molecular complexity index is 492. The van der Waals surface area contributed by atoms with Crippen molar-refractivity contribution in [1.82, 2.24) is 9.80 Å². The smallest absolute Gasteiger partial charge is 0.0599 e. The lowest BCUT2D eigenvalue weighted by atomic mass is 9.88. The molecule has 1 saturated carbocycles. The van der Waals surface area contributed by atoms with Gasteiger partial charge in [0.2, 0.25) is 0 Å². The first-order chi connectivity index (χ1) is 11.2. The number of hydrogen-bond acceptors (Lipinski definition) is 3. The summed E-state index contributed by atoms with van der Waals surface area (Å²) in [5.41, 5.74) is 2.19. The summed E-state index contributed by atoms with van der Waals surface area (Å²) in [7, 11) is 0. The summed E-state index contributed by atoms with van der Waals surface area (Å²) in [5, 5.41) is 0. The maximum absolute atomic E-state index is 5.78. The molecule has 3 unspecified atom stereocenters. The zero-order valence-electron chi connectivity index (χ0n) is 14.8. The molecular formula is C20H32N2O. The van der Waals surface area contributed by atoms with Crippen LogP contribution in [-0.2, 0) is 4.74 Å². The van der Waals surface area contributed by atoms with Crippen molar-refractivity contribution in [3.8, 4) is 0 Å². The van der Waals surface area contributed by atoms with Crippen LogP contribution in [0.15, 0.2) is 23.8 Å². The first-order valence-electron chi connectivity index (χ1n) is 9.72. The molecule has 3 nitrogen and oxygen atoms in total. The predicted octanol–water partition coefficient (Wildman–Crippen LogP) is 3.08. The summed E-state index contributed by atoms with van der Waals surface area (Å²) in [6.45, 7) is 11.5. The van der Waals surface area contributed by atoms with E-state index in [4.69, 9.17) is 4.74 Å². The highest BCUT2D eigenvalue weighted by atomic mass is 16.5. The Labute approximate surface area is 141 Å². The summed E-state index contributed by atoms with van der Waals surface area (Å²) in [4.78, 5) is 5.29. The molecule has 0 spiro atoms. The zero-order chi connectivity index (χ0) is 15.9. The van der Waals surface area contributed by atoms with Gasteiger partial charge in [0.1, 0.15) is 0 Å². The van der Waals surface area contributed by atoms with Crippen LogP contribution >= 0.6 is 0 Å². The van der Waals surface area contributed by atoms with E-state index in [0.717, 1.165) is 12.5 Å². The van der Waals surface area contributed by atoms with Gasteiger partial charge in [-0.15, -0.1) is 0 Å². The fourth-order valence-corrected chi connectivity index (χ4v) is 5.13. The average molecular weight is 316 g/mol. The van der Waals surface area contributed by atoms with Crippen molar-refractivity contribution in [2.75, 3.05) is 39.3 Å². The van der Waals surface area contributed by atoms with Crippen LogP contribution in [0.5, 0.6) is 0 Å². The SMILES string of the molecule is CCOC1CCN(C2C=CC(C34CC3CN(CC)C4)=CC2)CC1. The van der Waals surface area contributed by atoms with Crippen molar-refractivity contribution >= 4 is 0 Å². The molecule has 0 radical (unpaired) electrons. The largest absolute Gasteiger partial charge is 0.378 e. The van der Waals surface area contributed by atoms with Gasteiger partial charge in [-0.05, 0) is 50.6 Å². The van der Waals surface area contributed by atoms with Crippen LogP contribution in [0.2, 0.25) is 0 Å². The van der Waals surface area contributed by atoms with Gasteiger partial charge in [-0.25, -0.2) is 0 Å². The Kier molecular flexibility index (Phi) is 4.38. The number of ether oxygens (including phenoxy) is 1. The summed E-state index contributed by atoms with van der Waals surface area (Å²) < 4.78 is 5.78. The Balaban J connectivity index is 1.32. The topological polar surface area (TPSA) is 15.7 Å². The van der Waals surface area contributed by atoms with Crippen LogP contribution in [0, 0.1) is 11.3 Å². The lowest BCUT2D eigenvalue weighted by molar-refractivity contribution is 0.00861. The van der Waals surface area contributed by atoms with Gasteiger partial charge < -0.3 is 9.64 Å². The van der Waals surface area contributed by atoms with Crippen molar-refractivity contribution in [1.29, 1.82) is 0 Å². The van der Waals surface area contributed by atoms with E-state index in [1.165, 1.54) is 58.4 Å². The number of piperidine rings is 2. The van der Waals surface area contributed by atoms with Gasteiger partial charge in [-0.1, -0.05) is 25.2 Å². The third-order valence-corrected chi connectivity index (χ3v) is 6.66. The number of allylic oxidation sites excluding steroid dienone is 1. The third-order valence-electron chi connectivity index (χ3n) is 6.66. The molecule has 3 atom stereocenters. The van der Waals surface area contributed by atoms with E-state index >= 15 is 0 Å². The molecule has 0 aromatic carbocycles. The van der Waals surface area contributed by atoms with Crippen molar-refractivity contribution in [2.45, 2.75) is 51.7 Å². The first-order valence-corrected chi connectivity index (χ1v) is 9.72. The Morgan fingerprint density at radius 1 is 1.26 bits per heavy atom. The highest BCUT2D eigenvalue weighted by molar-refractivity contribution is 5.40. The first kappa shape index (κ1) is 15.9. The molecule has 2 aliphatic heterocycles. The molecule has 0 N–H and O–H groups in total. The van der Waals surface area contributed by atoms with E-state index in [-0.39, 0.29) is 0 Å². The molecule has 2 heterocycles. The van der Waals surface area contributed by atoms with Crippen LogP contribution < -0.4 is 0 Å². The second-order valence-electron chi connectivity index (χ2n) is 7.90. The summed E-state index contributed by atoms with van der Waals surface area (Å²) in [5.74, 6) is 0.942. The number of nitrogens with zero attached hydrogens (tertiary/aromatic N) is 2. The fraction of sp³-hybridized carbons (Fsp3) is 0.800. The Morgan fingerprint density at radius 3 is 2.70 bits per heavy atom. The van der Waals surface area contributed by atoms with Gasteiger partial charge in [-0.3, -0.25) is 4.90 Å². The lowest BCUT2D eigenvalue weighted by Gasteiger charge is -2.37. The minimum absolute atomic E-state index is 0.500. The van der Waals surface area contributed by atoms with E-state index in [1.807, 2.05) is 0 Å². The second-order valence-corrected chi connectivity index (χ2v) is 7.90. The van der Waals surface area contributed by atoms with Gasteiger partial charge in [0.15, 0.2) is 0 Å².